The highest BCUT2D eigenvalue weighted by atomic mass is 16.5. The molecule has 0 bridgehead atoms. The summed E-state index contributed by atoms with van der Waals surface area (Å²) >= 11 is 0. The van der Waals surface area contributed by atoms with Gasteiger partial charge in [0.05, 0.1) is 7.11 Å². The van der Waals surface area contributed by atoms with E-state index in [4.69, 9.17) is 4.79 Å². The SMILES string of the molecule is CN1C[C@H]2CCCC[C@H]2C1.COC=O. The second-order valence-electron chi connectivity index (χ2n) is 4.36. The lowest BCUT2D eigenvalue weighted by Gasteiger charge is -2.23. The van der Waals surface area contributed by atoms with Gasteiger partial charge in [-0.1, -0.05) is 12.8 Å². The molecule has 2 rings (SSSR count). The molecular weight excluding hydrogens is 178 g/mol. The van der Waals surface area contributed by atoms with E-state index in [1.165, 1.54) is 45.9 Å². The first-order valence-electron chi connectivity index (χ1n) is 5.43. The van der Waals surface area contributed by atoms with E-state index in [0.29, 0.717) is 6.47 Å². The number of fused-ring (bicyclic) bond motifs is 1. The minimum atomic E-state index is 0.375. The fourth-order valence-corrected chi connectivity index (χ4v) is 2.64. The number of nitrogens with zero attached hydrogens (tertiary/aromatic N) is 1. The summed E-state index contributed by atoms with van der Waals surface area (Å²) in [7, 11) is 3.57. The highest BCUT2D eigenvalue weighted by Crippen LogP contribution is 2.34. The van der Waals surface area contributed by atoms with Crippen molar-refractivity contribution >= 4 is 6.47 Å². The van der Waals surface area contributed by atoms with Crippen molar-refractivity contribution in [2.24, 2.45) is 11.8 Å². The predicted molar refractivity (Wildman–Crippen MR) is 56.0 cm³/mol. The van der Waals surface area contributed by atoms with E-state index in [-0.39, 0.29) is 0 Å². The van der Waals surface area contributed by atoms with E-state index < -0.39 is 0 Å². The van der Waals surface area contributed by atoms with Crippen LogP contribution in [0.1, 0.15) is 25.7 Å². The molecule has 0 radical (unpaired) electrons. The topological polar surface area (TPSA) is 29.5 Å². The van der Waals surface area contributed by atoms with Crippen LogP contribution in [0.4, 0.5) is 0 Å². The number of likely N-dealkylation sites (tertiary alicyclic amines) is 1. The van der Waals surface area contributed by atoms with E-state index in [0.717, 1.165) is 11.8 Å². The van der Waals surface area contributed by atoms with Gasteiger partial charge in [0.15, 0.2) is 0 Å². The number of methoxy groups -OCH3 is 1. The van der Waals surface area contributed by atoms with Crippen LogP contribution >= 0.6 is 0 Å². The van der Waals surface area contributed by atoms with E-state index in [2.05, 4.69) is 16.7 Å². The van der Waals surface area contributed by atoms with Crippen LogP contribution in [0.2, 0.25) is 0 Å². The maximum atomic E-state index is 8.95. The first-order chi connectivity index (χ1) is 6.77. The molecule has 0 aromatic carbocycles. The first-order valence-corrected chi connectivity index (χ1v) is 5.43. The molecule has 0 aromatic rings. The Bertz CT molecular complexity index is 159. The Labute approximate surface area is 86.4 Å². The Kier molecular flexibility index (Phi) is 4.94. The van der Waals surface area contributed by atoms with Crippen LogP contribution in [0, 0.1) is 11.8 Å². The molecule has 3 nitrogen and oxygen atoms in total. The molecule has 0 aromatic heterocycles. The summed E-state index contributed by atoms with van der Waals surface area (Å²) in [6.07, 6.45) is 6.01. The van der Waals surface area contributed by atoms with Crippen molar-refractivity contribution in [1.82, 2.24) is 4.90 Å². The van der Waals surface area contributed by atoms with Crippen molar-refractivity contribution in [3.05, 3.63) is 0 Å². The van der Waals surface area contributed by atoms with Crippen LogP contribution in [-0.2, 0) is 9.53 Å². The normalized spacial score (nSPS) is 31.3. The standard InChI is InChI=1S/C9H17N.C2H4O2/c1-10-6-8-4-2-3-5-9(8)7-10;1-4-2-3/h8-9H,2-7H2,1H3;2H,1H3/t8-,9+;. The van der Waals surface area contributed by atoms with Crippen molar-refractivity contribution in [3.63, 3.8) is 0 Å². The molecule has 2 aliphatic rings. The second-order valence-corrected chi connectivity index (χ2v) is 4.36. The van der Waals surface area contributed by atoms with Crippen molar-refractivity contribution in [1.29, 1.82) is 0 Å². The number of rotatable bonds is 1. The lowest BCUT2D eigenvalue weighted by atomic mass is 9.82. The summed E-state index contributed by atoms with van der Waals surface area (Å²) in [5, 5.41) is 0. The van der Waals surface area contributed by atoms with Gasteiger partial charge < -0.3 is 9.64 Å². The molecule has 0 N–H and O–H groups in total. The largest absolute Gasteiger partial charge is 0.471 e. The molecule has 1 saturated heterocycles. The molecule has 0 amide bonds. The number of carbonyl (C=O) groups excluding carboxylic acids is 1. The third-order valence-corrected chi connectivity index (χ3v) is 3.26. The molecule has 14 heavy (non-hydrogen) atoms. The van der Waals surface area contributed by atoms with Crippen molar-refractivity contribution < 1.29 is 9.53 Å². The third kappa shape index (κ3) is 3.29. The predicted octanol–water partition coefficient (Wildman–Crippen LogP) is 1.53. The molecule has 3 heteroatoms. The van der Waals surface area contributed by atoms with Gasteiger partial charge in [-0.2, -0.15) is 0 Å². The van der Waals surface area contributed by atoms with E-state index in [9.17, 15) is 0 Å². The van der Waals surface area contributed by atoms with Crippen molar-refractivity contribution in [2.45, 2.75) is 25.7 Å². The van der Waals surface area contributed by atoms with Gasteiger partial charge in [-0.15, -0.1) is 0 Å². The van der Waals surface area contributed by atoms with E-state index >= 15 is 0 Å². The van der Waals surface area contributed by atoms with Gasteiger partial charge in [0.25, 0.3) is 6.47 Å². The number of ether oxygens (including phenoxy) is 1. The van der Waals surface area contributed by atoms with Crippen LogP contribution in [0.5, 0.6) is 0 Å². The van der Waals surface area contributed by atoms with Crippen LogP contribution in [0.25, 0.3) is 0 Å². The third-order valence-electron chi connectivity index (χ3n) is 3.26. The fourth-order valence-electron chi connectivity index (χ4n) is 2.64. The van der Waals surface area contributed by atoms with Gasteiger partial charge in [-0.3, -0.25) is 4.79 Å². The lowest BCUT2D eigenvalue weighted by molar-refractivity contribution is -0.126. The van der Waals surface area contributed by atoms with Crippen LogP contribution in [-0.4, -0.2) is 38.6 Å². The minimum Gasteiger partial charge on any atom is -0.471 e. The maximum absolute atomic E-state index is 8.95. The highest BCUT2D eigenvalue weighted by Gasteiger charge is 2.31. The summed E-state index contributed by atoms with van der Waals surface area (Å²) in [6.45, 7) is 3.13. The van der Waals surface area contributed by atoms with E-state index in [1.807, 2.05) is 0 Å². The minimum absolute atomic E-state index is 0.375. The van der Waals surface area contributed by atoms with Gasteiger partial charge >= 0.3 is 0 Å². The molecule has 2 atom stereocenters. The lowest BCUT2D eigenvalue weighted by Crippen LogP contribution is -2.16. The highest BCUT2D eigenvalue weighted by molar-refractivity contribution is 5.36. The average Bonchev–Trinajstić information content (AvgIpc) is 2.58. The Balaban J connectivity index is 0.000000213. The monoisotopic (exact) mass is 199 g/mol. The molecule has 1 saturated carbocycles. The molecule has 1 heterocycles. The van der Waals surface area contributed by atoms with Crippen LogP contribution in [0.3, 0.4) is 0 Å². The van der Waals surface area contributed by atoms with E-state index in [1.54, 1.807) is 0 Å². The molecule has 82 valence electrons. The quantitative estimate of drug-likeness (QED) is 0.600. The van der Waals surface area contributed by atoms with Gasteiger partial charge in [-0.05, 0) is 31.7 Å². The summed E-state index contributed by atoms with van der Waals surface area (Å²) in [4.78, 5) is 11.5. The average molecular weight is 199 g/mol. The molecule has 1 aliphatic carbocycles. The molecule has 2 fully saturated rings. The van der Waals surface area contributed by atoms with Gasteiger partial charge in [-0.25, -0.2) is 0 Å². The number of carbonyl (C=O) groups is 1. The number of hydrogen-bond donors (Lipinski definition) is 0. The van der Waals surface area contributed by atoms with Crippen LogP contribution < -0.4 is 0 Å². The Morgan fingerprint density at radius 2 is 1.64 bits per heavy atom. The zero-order valence-electron chi connectivity index (χ0n) is 9.24. The van der Waals surface area contributed by atoms with Gasteiger partial charge in [0.2, 0.25) is 0 Å². The van der Waals surface area contributed by atoms with Crippen LogP contribution in [0.15, 0.2) is 0 Å². The smallest absolute Gasteiger partial charge is 0.292 e. The Hall–Kier alpha value is -0.570. The Morgan fingerprint density at radius 1 is 1.21 bits per heavy atom. The summed E-state index contributed by atoms with van der Waals surface area (Å²) in [5.41, 5.74) is 0. The summed E-state index contributed by atoms with van der Waals surface area (Å²) in [6, 6.07) is 0. The molecule has 1 aliphatic heterocycles. The maximum Gasteiger partial charge on any atom is 0.292 e. The summed E-state index contributed by atoms with van der Waals surface area (Å²) < 4.78 is 3.86. The molecular formula is C11H21NO2. The van der Waals surface area contributed by atoms with Crippen molar-refractivity contribution in [2.75, 3.05) is 27.2 Å². The zero-order chi connectivity index (χ0) is 10.4. The molecule has 0 unspecified atom stereocenters. The summed E-state index contributed by atoms with van der Waals surface area (Å²) in [5.74, 6) is 2.14. The van der Waals surface area contributed by atoms with Crippen molar-refractivity contribution in [3.8, 4) is 0 Å². The van der Waals surface area contributed by atoms with Gasteiger partial charge in [0.1, 0.15) is 0 Å². The first kappa shape index (κ1) is 11.5. The number of hydrogen-bond acceptors (Lipinski definition) is 3. The second kappa shape index (κ2) is 6.02. The van der Waals surface area contributed by atoms with Gasteiger partial charge in [0, 0.05) is 13.1 Å². The molecule has 0 spiro atoms. The zero-order valence-corrected chi connectivity index (χ0v) is 9.24. The fraction of sp³-hybridized carbons (Fsp3) is 0.909. The Morgan fingerprint density at radius 3 is 2.00 bits per heavy atom.